The van der Waals surface area contributed by atoms with Gasteiger partial charge in [-0.2, -0.15) is 0 Å². The van der Waals surface area contributed by atoms with Crippen molar-refractivity contribution in [1.82, 2.24) is 15.0 Å². The highest BCUT2D eigenvalue weighted by Crippen LogP contribution is 2.25. The fourth-order valence-corrected chi connectivity index (χ4v) is 1.62. The van der Waals surface area contributed by atoms with Crippen LogP contribution in [0.15, 0.2) is 24.4 Å². The van der Waals surface area contributed by atoms with Gasteiger partial charge in [0.15, 0.2) is 0 Å². The van der Waals surface area contributed by atoms with Crippen molar-refractivity contribution in [2.75, 3.05) is 0 Å². The monoisotopic (exact) mass is 250 g/mol. The molecule has 5 nitrogen and oxygen atoms in total. The molecule has 0 aliphatic carbocycles. The smallest absolute Gasteiger partial charge is 0.134 e. The molecule has 96 valence electrons. The second-order valence-corrected chi connectivity index (χ2v) is 4.14. The zero-order valence-corrected chi connectivity index (χ0v) is 10.3. The largest absolute Gasteiger partial charge is 0.487 e. The van der Waals surface area contributed by atoms with Gasteiger partial charge in [-0.1, -0.05) is 11.3 Å². The summed E-state index contributed by atoms with van der Waals surface area (Å²) in [4.78, 5) is 0. The van der Waals surface area contributed by atoms with E-state index in [9.17, 15) is 4.39 Å². The molecule has 1 unspecified atom stereocenters. The molecule has 0 radical (unpaired) electrons. The van der Waals surface area contributed by atoms with Gasteiger partial charge in [0, 0.05) is 24.7 Å². The Morgan fingerprint density at radius 3 is 2.89 bits per heavy atom. The number of hydrogen-bond acceptors (Lipinski definition) is 4. The number of ether oxygens (including phenoxy) is 1. The summed E-state index contributed by atoms with van der Waals surface area (Å²) in [5, 5.41) is 7.68. The van der Waals surface area contributed by atoms with Crippen LogP contribution in [0.4, 0.5) is 4.39 Å². The second-order valence-electron chi connectivity index (χ2n) is 4.14. The molecule has 0 aliphatic heterocycles. The summed E-state index contributed by atoms with van der Waals surface area (Å²) in [5.41, 5.74) is 7.25. The topological polar surface area (TPSA) is 66.0 Å². The summed E-state index contributed by atoms with van der Waals surface area (Å²) in [6.07, 6.45) is 1.74. The number of benzene rings is 1. The number of aryl methyl sites for hydroxylation is 1. The van der Waals surface area contributed by atoms with Crippen molar-refractivity contribution < 1.29 is 9.13 Å². The van der Waals surface area contributed by atoms with Gasteiger partial charge in [-0.25, -0.2) is 4.39 Å². The van der Waals surface area contributed by atoms with E-state index in [1.165, 1.54) is 12.1 Å². The molecular weight excluding hydrogens is 235 g/mol. The first kappa shape index (κ1) is 12.5. The van der Waals surface area contributed by atoms with Crippen molar-refractivity contribution in [1.29, 1.82) is 0 Å². The fourth-order valence-electron chi connectivity index (χ4n) is 1.62. The molecule has 18 heavy (non-hydrogen) atoms. The van der Waals surface area contributed by atoms with Crippen LogP contribution in [-0.2, 0) is 13.7 Å². The Morgan fingerprint density at radius 1 is 1.50 bits per heavy atom. The zero-order chi connectivity index (χ0) is 13.1. The SMILES string of the molecule is CC(N)c1ccc(F)cc1OCc1cn(C)nn1. The van der Waals surface area contributed by atoms with E-state index in [0.29, 0.717) is 11.4 Å². The van der Waals surface area contributed by atoms with Crippen LogP contribution in [-0.4, -0.2) is 15.0 Å². The van der Waals surface area contributed by atoms with Gasteiger partial charge in [0.2, 0.25) is 0 Å². The van der Waals surface area contributed by atoms with Crippen LogP contribution in [0.1, 0.15) is 24.2 Å². The molecule has 0 saturated heterocycles. The second kappa shape index (κ2) is 5.14. The van der Waals surface area contributed by atoms with E-state index >= 15 is 0 Å². The Morgan fingerprint density at radius 2 is 2.28 bits per heavy atom. The van der Waals surface area contributed by atoms with Crippen LogP contribution >= 0.6 is 0 Å². The van der Waals surface area contributed by atoms with Crippen molar-refractivity contribution >= 4 is 0 Å². The first-order chi connectivity index (χ1) is 8.56. The van der Waals surface area contributed by atoms with Gasteiger partial charge in [-0.15, -0.1) is 5.10 Å². The number of aromatic nitrogens is 3. The van der Waals surface area contributed by atoms with E-state index in [1.54, 1.807) is 24.0 Å². The van der Waals surface area contributed by atoms with Gasteiger partial charge < -0.3 is 10.5 Å². The summed E-state index contributed by atoms with van der Waals surface area (Å²) >= 11 is 0. The normalized spacial score (nSPS) is 12.4. The molecular formula is C12H15FN4O. The average Bonchev–Trinajstić information content (AvgIpc) is 2.72. The standard InChI is InChI=1S/C12H15FN4O/c1-8(14)11-4-3-9(13)5-12(11)18-7-10-6-17(2)16-15-10/h3-6,8H,7,14H2,1-2H3. The van der Waals surface area contributed by atoms with E-state index in [-0.39, 0.29) is 18.5 Å². The third kappa shape index (κ3) is 2.84. The first-order valence-corrected chi connectivity index (χ1v) is 5.59. The van der Waals surface area contributed by atoms with Crippen molar-refractivity contribution in [2.45, 2.75) is 19.6 Å². The Bertz CT molecular complexity index is 539. The molecule has 0 fully saturated rings. The maximum Gasteiger partial charge on any atom is 0.134 e. The van der Waals surface area contributed by atoms with Gasteiger partial charge in [-0.3, -0.25) is 4.68 Å². The number of halogens is 1. The van der Waals surface area contributed by atoms with Crippen molar-refractivity contribution in [3.63, 3.8) is 0 Å². The van der Waals surface area contributed by atoms with Gasteiger partial charge in [0.05, 0.1) is 6.20 Å². The molecule has 1 heterocycles. The highest BCUT2D eigenvalue weighted by atomic mass is 19.1. The van der Waals surface area contributed by atoms with Crippen molar-refractivity contribution in [3.05, 3.63) is 41.5 Å². The number of rotatable bonds is 4. The highest BCUT2D eigenvalue weighted by molar-refractivity contribution is 5.36. The van der Waals surface area contributed by atoms with E-state index in [4.69, 9.17) is 10.5 Å². The Hall–Kier alpha value is -1.95. The van der Waals surface area contributed by atoms with Crippen LogP contribution in [0.3, 0.4) is 0 Å². The quantitative estimate of drug-likeness (QED) is 0.894. The van der Waals surface area contributed by atoms with Crippen molar-refractivity contribution in [3.8, 4) is 5.75 Å². The van der Waals surface area contributed by atoms with Gasteiger partial charge in [0.25, 0.3) is 0 Å². The predicted octanol–water partition coefficient (Wildman–Crippen LogP) is 1.55. The summed E-state index contributed by atoms with van der Waals surface area (Å²) in [7, 11) is 1.77. The molecule has 1 aromatic heterocycles. The molecule has 0 amide bonds. The lowest BCUT2D eigenvalue weighted by atomic mass is 10.1. The minimum atomic E-state index is -0.353. The van der Waals surface area contributed by atoms with Crippen molar-refractivity contribution in [2.24, 2.45) is 12.8 Å². The third-order valence-electron chi connectivity index (χ3n) is 2.49. The lowest BCUT2D eigenvalue weighted by Crippen LogP contribution is -2.08. The Labute approximate surface area is 104 Å². The van der Waals surface area contributed by atoms with Gasteiger partial charge >= 0.3 is 0 Å². The zero-order valence-electron chi connectivity index (χ0n) is 10.3. The molecule has 2 rings (SSSR count). The van der Waals surface area contributed by atoms with E-state index in [0.717, 1.165) is 5.56 Å². The summed E-state index contributed by atoms with van der Waals surface area (Å²) in [5.74, 6) is 0.0872. The van der Waals surface area contributed by atoms with E-state index in [2.05, 4.69) is 10.3 Å². The average molecular weight is 250 g/mol. The van der Waals surface area contributed by atoms with Gasteiger partial charge in [-0.05, 0) is 13.0 Å². The molecule has 1 atom stereocenters. The number of nitrogens with zero attached hydrogens (tertiary/aromatic N) is 3. The van der Waals surface area contributed by atoms with Crippen LogP contribution < -0.4 is 10.5 Å². The number of hydrogen-bond donors (Lipinski definition) is 1. The molecule has 2 aromatic rings. The Balaban J connectivity index is 2.15. The van der Waals surface area contributed by atoms with Crippen LogP contribution in [0, 0.1) is 5.82 Å². The molecule has 0 spiro atoms. The lowest BCUT2D eigenvalue weighted by Gasteiger charge is -2.13. The van der Waals surface area contributed by atoms with E-state index in [1.807, 2.05) is 6.92 Å². The minimum Gasteiger partial charge on any atom is -0.487 e. The molecule has 1 aromatic carbocycles. The third-order valence-corrected chi connectivity index (χ3v) is 2.49. The summed E-state index contributed by atoms with van der Waals surface area (Å²) < 4.78 is 20.3. The summed E-state index contributed by atoms with van der Waals surface area (Å²) in [6.45, 7) is 2.05. The molecule has 0 bridgehead atoms. The molecule has 0 aliphatic rings. The molecule has 2 N–H and O–H groups in total. The maximum absolute atomic E-state index is 13.2. The fraction of sp³-hybridized carbons (Fsp3) is 0.333. The van der Waals surface area contributed by atoms with E-state index < -0.39 is 0 Å². The lowest BCUT2D eigenvalue weighted by molar-refractivity contribution is 0.295. The van der Waals surface area contributed by atoms with Crippen LogP contribution in [0.25, 0.3) is 0 Å². The van der Waals surface area contributed by atoms with Crippen LogP contribution in [0.5, 0.6) is 5.75 Å². The van der Waals surface area contributed by atoms with Crippen LogP contribution in [0.2, 0.25) is 0 Å². The highest BCUT2D eigenvalue weighted by Gasteiger charge is 2.10. The molecule has 6 heteroatoms. The summed E-state index contributed by atoms with van der Waals surface area (Å²) in [6, 6.07) is 4.11. The van der Waals surface area contributed by atoms with Gasteiger partial charge in [0.1, 0.15) is 23.9 Å². The number of nitrogens with two attached hydrogens (primary N) is 1. The Kier molecular flexibility index (Phi) is 3.57. The molecule has 0 saturated carbocycles. The first-order valence-electron chi connectivity index (χ1n) is 5.59. The minimum absolute atomic E-state index is 0.220. The maximum atomic E-state index is 13.2. The predicted molar refractivity (Wildman–Crippen MR) is 64.3 cm³/mol.